The molecule has 3 saturated heterocycles. The number of para-hydroxylation sites is 1. The van der Waals surface area contributed by atoms with E-state index in [1.165, 1.54) is 32.4 Å². The number of aromatic nitrogens is 2. The van der Waals surface area contributed by atoms with Crippen LogP contribution < -0.4 is 15.5 Å². The number of urea groups is 1. The molecule has 3 N–H and O–H groups in total. The molecule has 1 atom stereocenters. The number of nitrogens with one attached hydrogen (secondary N) is 3. The summed E-state index contributed by atoms with van der Waals surface area (Å²) in [5.41, 5.74) is 2.07. The second-order valence-electron chi connectivity index (χ2n) is 11.8. The third-order valence-corrected chi connectivity index (χ3v) is 9.27. The van der Waals surface area contributed by atoms with E-state index >= 15 is 0 Å². The molecule has 11 heteroatoms. The lowest BCUT2D eigenvalue weighted by molar-refractivity contribution is -0.139. The molecule has 1 aromatic carbocycles. The second-order valence-corrected chi connectivity index (χ2v) is 11.8. The highest BCUT2D eigenvalue weighted by Crippen LogP contribution is 2.30. The number of H-pyrrole nitrogens is 1. The molecule has 11 nitrogen and oxygen atoms in total. The number of hydrogen-bond acceptors (Lipinski definition) is 6. The number of aromatic amines is 1. The summed E-state index contributed by atoms with van der Waals surface area (Å²) in [6.07, 6.45) is 10.5. The molecule has 220 valence electrons. The highest BCUT2D eigenvalue weighted by Gasteiger charge is 2.36. The predicted octanol–water partition coefficient (Wildman–Crippen LogP) is 2.78. The van der Waals surface area contributed by atoms with Crippen LogP contribution in [-0.2, 0) is 16.1 Å². The molecule has 0 bridgehead atoms. The summed E-state index contributed by atoms with van der Waals surface area (Å²) in [5, 5.41) is 6.23. The van der Waals surface area contributed by atoms with E-state index in [0.717, 1.165) is 37.2 Å². The zero-order valence-electron chi connectivity index (χ0n) is 23.8. The molecular formula is C30H42N8O3. The van der Waals surface area contributed by atoms with Gasteiger partial charge in [-0.15, -0.1) is 0 Å². The summed E-state index contributed by atoms with van der Waals surface area (Å²) in [4.78, 5) is 55.4. The molecule has 1 unspecified atom stereocenters. The van der Waals surface area contributed by atoms with Crippen molar-refractivity contribution in [3.8, 4) is 0 Å². The number of likely N-dealkylation sites (tertiary alicyclic amines) is 3. The molecular weight excluding hydrogens is 520 g/mol. The Labute approximate surface area is 241 Å². The predicted molar refractivity (Wildman–Crippen MR) is 156 cm³/mol. The minimum atomic E-state index is -0.660. The number of imidazole rings is 1. The van der Waals surface area contributed by atoms with Crippen LogP contribution in [0.25, 0.3) is 0 Å². The number of hydrogen-bond donors (Lipinski definition) is 3. The monoisotopic (exact) mass is 562 g/mol. The molecule has 5 heterocycles. The number of carbonyl (C=O) groups excluding carboxylic acids is 3. The highest BCUT2D eigenvalue weighted by atomic mass is 16.2. The number of fused-ring (bicyclic) bond motifs is 1. The van der Waals surface area contributed by atoms with Crippen molar-refractivity contribution in [1.29, 1.82) is 0 Å². The van der Waals surface area contributed by atoms with Crippen molar-refractivity contribution < 1.29 is 14.4 Å². The largest absolute Gasteiger partial charge is 0.358 e. The number of carbonyl (C=O) groups is 3. The lowest BCUT2D eigenvalue weighted by atomic mass is 9.98. The lowest BCUT2D eigenvalue weighted by Crippen LogP contribution is -2.55. The van der Waals surface area contributed by atoms with Gasteiger partial charge in [0.25, 0.3) is 0 Å². The van der Waals surface area contributed by atoms with Gasteiger partial charge in [-0.1, -0.05) is 24.6 Å². The number of benzene rings is 1. The smallest absolute Gasteiger partial charge is 0.322 e. The summed E-state index contributed by atoms with van der Waals surface area (Å²) in [5.74, 6) is 0.565. The van der Waals surface area contributed by atoms with Gasteiger partial charge in [0.05, 0.1) is 24.6 Å². The molecule has 0 aliphatic carbocycles. The maximum atomic E-state index is 13.7. The highest BCUT2D eigenvalue weighted by molar-refractivity contribution is 5.95. The van der Waals surface area contributed by atoms with Crippen LogP contribution >= 0.6 is 0 Å². The first-order chi connectivity index (χ1) is 20.1. The molecule has 41 heavy (non-hydrogen) atoms. The van der Waals surface area contributed by atoms with Crippen molar-refractivity contribution >= 4 is 29.4 Å². The van der Waals surface area contributed by atoms with Gasteiger partial charge in [0.2, 0.25) is 11.8 Å². The van der Waals surface area contributed by atoms with Gasteiger partial charge in [-0.2, -0.15) is 0 Å². The van der Waals surface area contributed by atoms with Gasteiger partial charge in [0.1, 0.15) is 11.9 Å². The fraction of sp³-hybridized carbons (Fsp3) is 0.600. The first kappa shape index (κ1) is 27.6. The van der Waals surface area contributed by atoms with Crippen LogP contribution in [0.1, 0.15) is 56.9 Å². The Morgan fingerprint density at radius 1 is 0.927 bits per heavy atom. The van der Waals surface area contributed by atoms with Crippen molar-refractivity contribution in [1.82, 2.24) is 30.0 Å². The van der Waals surface area contributed by atoms with E-state index in [2.05, 4.69) is 25.5 Å². The molecule has 3 fully saturated rings. The van der Waals surface area contributed by atoms with Gasteiger partial charge in [0.15, 0.2) is 0 Å². The van der Waals surface area contributed by atoms with Crippen molar-refractivity contribution in [3.63, 3.8) is 0 Å². The maximum Gasteiger partial charge on any atom is 0.322 e. The summed E-state index contributed by atoms with van der Waals surface area (Å²) < 4.78 is 0. The summed E-state index contributed by atoms with van der Waals surface area (Å²) in [6.45, 7) is 5.44. The zero-order chi connectivity index (χ0) is 28.2. The molecule has 4 aliphatic rings. The van der Waals surface area contributed by atoms with Crippen molar-refractivity contribution in [2.24, 2.45) is 0 Å². The second kappa shape index (κ2) is 12.5. The molecule has 0 radical (unpaired) electrons. The molecule has 0 spiro atoms. The van der Waals surface area contributed by atoms with Crippen LogP contribution in [0.3, 0.4) is 0 Å². The van der Waals surface area contributed by atoms with E-state index in [1.807, 2.05) is 39.0 Å². The van der Waals surface area contributed by atoms with Crippen molar-refractivity contribution in [3.05, 3.63) is 42.4 Å². The summed E-state index contributed by atoms with van der Waals surface area (Å²) >= 11 is 0. The minimum absolute atomic E-state index is 0.0264. The fourth-order valence-corrected chi connectivity index (χ4v) is 6.98. The number of amides is 4. The van der Waals surface area contributed by atoms with Crippen molar-refractivity contribution in [2.45, 2.75) is 76.0 Å². The van der Waals surface area contributed by atoms with E-state index in [0.29, 0.717) is 44.3 Å². The van der Waals surface area contributed by atoms with Crippen LogP contribution in [0, 0.1) is 0 Å². The average molecular weight is 563 g/mol. The third kappa shape index (κ3) is 6.19. The fourth-order valence-electron chi connectivity index (χ4n) is 6.98. The Bertz CT molecular complexity index is 1200. The van der Waals surface area contributed by atoms with Crippen LogP contribution in [-0.4, -0.2) is 99.9 Å². The van der Waals surface area contributed by atoms with Gasteiger partial charge >= 0.3 is 6.03 Å². The van der Waals surface area contributed by atoms with E-state index in [1.54, 1.807) is 12.5 Å². The first-order valence-corrected chi connectivity index (χ1v) is 15.3. The normalized spacial score (nSPS) is 21.8. The van der Waals surface area contributed by atoms with Crippen LogP contribution in [0.5, 0.6) is 0 Å². The summed E-state index contributed by atoms with van der Waals surface area (Å²) in [7, 11) is 0. The molecule has 2 aromatic rings. The van der Waals surface area contributed by atoms with Gasteiger partial charge < -0.3 is 30.3 Å². The Morgan fingerprint density at radius 3 is 2.37 bits per heavy atom. The van der Waals surface area contributed by atoms with Gasteiger partial charge in [-0.25, -0.2) is 9.78 Å². The maximum absolute atomic E-state index is 13.7. The number of anilines is 2. The van der Waals surface area contributed by atoms with Gasteiger partial charge in [0, 0.05) is 44.8 Å². The Kier molecular flexibility index (Phi) is 8.41. The quantitative estimate of drug-likeness (QED) is 0.478. The van der Waals surface area contributed by atoms with Gasteiger partial charge in [-0.05, 0) is 63.2 Å². The first-order valence-electron chi connectivity index (χ1n) is 15.3. The molecule has 4 amide bonds. The topological polar surface area (TPSA) is 117 Å². The van der Waals surface area contributed by atoms with E-state index in [9.17, 15) is 14.4 Å². The summed E-state index contributed by atoms with van der Waals surface area (Å²) in [6, 6.07) is 7.83. The average Bonchev–Trinajstić information content (AvgIpc) is 3.54. The number of rotatable bonds is 7. The molecule has 1 aromatic heterocycles. The van der Waals surface area contributed by atoms with Crippen molar-refractivity contribution in [2.75, 3.05) is 49.5 Å². The molecule has 6 rings (SSSR count). The third-order valence-electron chi connectivity index (χ3n) is 9.27. The van der Waals surface area contributed by atoms with E-state index in [-0.39, 0.29) is 30.3 Å². The minimum Gasteiger partial charge on any atom is -0.358 e. The van der Waals surface area contributed by atoms with Gasteiger partial charge in [-0.3, -0.25) is 14.5 Å². The van der Waals surface area contributed by atoms with Crippen LogP contribution in [0.2, 0.25) is 0 Å². The Morgan fingerprint density at radius 2 is 1.63 bits per heavy atom. The van der Waals surface area contributed by atoms with Crippen LogP contribution in [0.4, 0.5) is 16.3 Å². The van der Waals surface area contributed by atoms with E-state index in [4.69, 9.17) is 0 Å². The standard InChI is InChI=1S/C30H42N8O3/c39-28(36-14-10-24(11-15-36)38-26-7-3-2-6-22(26)19-32-30(38)41)18-25(34-27-20-31-21-33-27)29(40)37-16-8-23(9-17-37)35-12-4-1-5-13-35/h2-3,6-7,20-21,23-25,34H,1,4-5,8-19H2,(H,31,33)(H,32,41). The van der Waals surface area contributed by atoms with Crippen LogP contribution in [0.15, 0.2) is 36.8 Å². The number of piperidine rings is 3. The zero-order valence-corrected chi connectivity index (χ0v) is 23.8. The SMILES string of the molecule is O=C(CC(Nc1cnc[nH]1)C(=O)N1CCC(N2CCCCC2)CC1)N1CCC(N2C(=O)NCc3ccccc32)CC1. The number of nitrogens with zero attached hydrogens (tertiary/aromatic N) is 5. The molecule has 0 saturated carbocycles. The molecule has 4 aliphatic heterocycles. The van der Waals surface area contributed by atoms with E-state index < -0.39 is 6.04 Å². The Hall–Kier alpha value is -3.60. The Balaban J connectivity index is 1.06. The lowest BCUT2D eigenvalue weighted by Gasteiger charge is -2.42.